The molecule has 0 aliphatic carbocycles. The van der Waals surface area contributed by atoms with E-state index in [-0.39, 0.29) is 17.7 Å². The van der Waals surface area contributed by atoms with E-state index in [0.717, 1.165) is 25.5 Å². The van der Waals surface area contributed by atoms with Crippen LogP contribution in [-0.4, -0.2) is 50.0 Å². The normalized spacial score (nSPS) is 22.8. The third-order valence-corrected chi connectivity index (χ3v) is 3.78. The predicted octanol–water partition coefficient (Wildman–Crippen LogP) is 1.82. The van der Waals surface area contributed by atoms with Crippen molar-refractivity contribution in [3.8, 4) is 0 Å². The molecule has 1 saturated heterocycles. The minimum Gasteiger partial charge on any atom is -0.377 e. The summed E-state index contributed by atoms with van der Waals surface area (Å²) in [5, 5.41) is 3.50. The van der Waals surface area contributed by atoms with Crippen molar-refractivity contribution in [1.82, 2.24) is 10.3 Å². The number of hydrogen-bond acceptors (Lipinski definition) is 5. The number of pyridine rings is 1. The highest BCUT2D eigenvalue weighted by Crippen LogP contribution is 2.22. The van der Waals surface area contributed by atoms with E-state index in [1.807, 2.05) is 6.20 Å². The maximum absolute atomic E-state index is 5.48. The van der Waals surface area contributed by atoms with E-state index in [4.69, 9.17) is 9.47 Å². The van der Waals surface area contributed by atoms with Gasteiger partial charge in [-0.15, -0.1) is 0 Å². The molecule has 2 unspecified atom stereocenters. The van der Waals surface area contributed by atoms with Crippen LogP contribution >= 0.6 is 0 Å². The average Bonchev–Trinajstić information content (AvgIpc) is 2.88. The van der Waals surface area contributed by atoms with Crippen molar-refractivity contribution in [2.75, 3.05) is 32.2 Å². The Balaban J connectivity index is 2.04. The third-order valence-electron chi connectivity index (χ3n) is 3.78. The van der Waals surface area contributed by atoms with Crippen LogP contribution in [0.5, 0.6) is 0 Å². The van der Waals surface area contributed by atoms with E-state index in [1.54, 1.807) is 14.2 Å². The lowest BCUT2D eigenvalue weighted by atomic mass is 10.1. The van der Waals surface area contributed by atoms with Crippen LogP contribution in [-0.2, 0) is 16.0 Å². The fourth-order valence-corrected chi connectivity index (χ4v) is 2.49. The molecule has 0 aromatic carbocycles. The molecule has 2 rings (SSSR count). The van der Waals surface area contributed by atoms with Gasteiger partial charge < -0.3 is 19.7 Å². The Morgan fingerprint density at radius 2 is 1.86 bits per heavy atom. The lowest BCUT2D eigenvalue weighted by molar-refractivity contribution is -0.00461. The van der Waals surface area contributed by atoms with Crippen molar-refractivity contribution in [1.29, 1.82) is 0 Å². The first kappa shape index (κ1) is 16.2. The summed E-state index contributed by atoms with van der Waals surface area (Å²) in [4.78, 5) is 6.72. The average molecular weight is 293 g/mol. The first-order valence-corrected chi connectivity index (χ1v) is 7.43. The van der Waals surface area contributed by atoms with Gasteiger partial charge in [0, 0.05) is 45.6 Å². The van der Waals surface area contributed by atoms with Crippen molar-refractivity contribution in [2.24, 2.45) is 0 Å². The Morgan fingerprint density at radius 3 is 2.38 bits per heavy atom. The lowest BCUT2D eigenvalue weighted by Gasteiger charge is -2.22. The zero-order valence-electron chi connectivity index (χ0n) is 13.7. The highest BCUT2D eigenvalue weighted by atomic mass is 16.5. The quantitative estimate of drug-likeness (QED) is 0.897. The first-order chi connectivity index (χ1) is 9.93. The number of nitrogens with one attached hydrogen (secondary N) is 1. The van der Waals surface area contributed by atoms with Crippen LogP contribution in [0.1, 0.15) is 26.3 Å². The summed E-state index contributed by atoms with van der Waals surface area (Å²) >= 11 is 0. The van der Waals surface area contributed by atoms with Crippen LogP contribution < -0.4 is 10.2 Å². The molecule has 1 fully saturated rings. The summed E-state index contributed by atoms with van der Waals surface area (Å²) in [5.41, 5.74) is 1.35. The smallest absolute Gasteiger partial charge is 0.128 e. The minimum absolute atomic E-state index is 0.105. The van der Waals surface area contributed by atoms with Crippen LogP contribution in [0.25, 0.3) is 0 Å². The second-order valence-electron chi connectivity index (χ2n) is 6.58. The van der Waals surface area contributed by atoms with Crippen LogP contribution in [0, 0.1) is 0 Å². The second kappa shape index (κ2) is 6.73. The number of rotatable bonds is 5. The number of hydrogen-bond donors (Lipinski definition) is 1. The largest absolute Gasteiger partial charge is 0.377 e. The van der Waals surface area contributed by atoms with E-state index >= 15 is 0 Å². The Bertz CT molecular complexity index is 447. The molecule has 0 saturated carbocycles. The number of aromatic nitrogens is 1. The molecule has 118 valence electrons. The van der Waals surface area contributed by atoms with E-state index in [2.05, 4.69) is 48.1 Å². The number of nitrogens with zero attached hydrogens (tertiary/aromatic N) is 2. The molecule has 21 heavy (non-hydrogen) atoms. The molecule has 0 amide bonds. The van der Waals surface area contributed by atoms with Crippen molar-refractivity contribution < 1.29 is 9.47 Å². The van der Waals surface area contributed by atoms with Crippen molar-refractivity contribution >= 4 is 5.82 Å². The summed E-state index contributed by atoms with van der Waals surface area (Å²) in [6.07, 6.45) is 2.08. The van der Waals surface area contributed by atoms with Crippen molar-refractivity contribution in [3.63, 3.8) is 0 Å². The van der Waals surface area contributed by atoms with Crippen LogP contribution in [0.3, 0.4) is 0 Å². The zero-order valence-corrected chi connectivity index (χ0v) is 13.7. The van der Waals surface area contributed by atoms with E-state index < -0.39 is 0 Å². The van der Waals surface area contributed by atoms with Crippen LogP contribution in [0.15, 0.2) is 18.3 Å². The van der Waals surface area contributed by atoms with E-state index in [9.17, 15) is 0 Å². The summed E-state index contributed by atoms with van der Waals surface area (Å²) in [5.74, 6) is 0.991. The standard InChI is InChI=1S/C16H27N3O2/c1-16(2,3)18-9-12-6-7-17-15(8-12)19-10-13(20-4)14(11-19)21-5/h6-8,13-14,18H,9-11H2,1-5H3. The zero-order chi connectivity index (χ0) is 15.5. The molecule has 1 N–H and O–H groups in total. The summed E-state index contributed by atoms with van der Waals surface area (Å²) in [7, 11) is 3.47. The molecule has 5 nitrogen and oxygen atoms in total. The lowest BCUT2D eigenvalue weighted by Crippen LogP contribution is -2.35. The van der Waals surface area contributed by atoms with Gasteiger partial charge in [0.25, 0.3) is 0 Å². The Labute approximate surface area is 127 Å². The summed E-state index contributed by atoms with van der Waals surface area (Å²) in [6.45, 7) is 8.98. The topological polar surface area (TPSA) is 46.6 Å². The maximum atomic E-state index is 5.48. The molecule has 2 atom stereocenters. The first-order valence-electron chi connectivity index (χ1n) is 7.43. The molecule has 0 radical (unpaired) electrons. The number of anilines is 1. The molecule has 0 bridgehead atoms. The third kappa shape index (κ3) is 4.40. The molecule has 1 aromatic rings. The van der Waals surface area contributed by atoms with E-state index in [0.29, 0.717) is 0 Å². The van der Waals surface area contributed by atoms with Gasteiger partial charge in [0.15, 0.2) is 0 Å². The van der Waals surface area contributed by atoms with Gasteiger partial charge in [0.05, 0.1) is 0 Å². The van der Waals surface area contributed by atoms with Gasteiger partial charge >= 0.3 is 0 Å². The minimum atomic E-state index is 0.105. The van der Waals surface area contributed by atoms with Crippen LogP contribution in [0.2, 0.25) is 0 Å². The van der Waals surface area contributed by atoms with Gasteiger partial charge in [-0.1, -0.05) is 0 Å². The molecular formula is C16H27N3O2. The molecular weight excluding hydrogens is 266 g/mol. The number of ether oxygens (including phenoxy) is 2. The maximum Gasteiger partial charge on any atom is 0.128 e. The van der Waals surface area contributed by atoms with Crippen molar-refractivity contribution in [2.45, 2.75) is 45.1 Å². The van der Waals surface area contributed by atoms with E-state index in [1.165, 1.54) is 5.56 Å². The SMILES string of the molecule is COC1CN(c2cc(CNC(C)(C)C)ccn2)CC1OC. The van der Waals surface area contributed by atoms with Gasteiger partial charge in [-0.2, -0.15) is 0 Å². The van der Waals surface area contributed by atoms with Gasteiger partial charge in [-0.25, -0.2) is 4.98 Å². The number of methoxy groups -OCH3 is 2. The molecule has 0 spiro atoms. The Kier molecular flexibility index (Phi) is 5.19. The Hall–Kier alpha value is -1.17. The van der Waals surface area contributed by atoms with Crippen LogP contribution in [0.4, 0.5) is 5.82 Å². The van der Waals surface area contributed by atoms with Gasteiger partial charge in [0.2, 0.25) is 0 Å². The highest BCUT2D eigenvalue weighted by molar-refractivity contribution is 5.43. The molecule has 5 heteroatoms. The molecule has 2 heterocycles. The van der Waals surface area contributed by atoms with Gasteiger partial charge in [0.1, 0.15) is 18.0 Å². The molecule has 1 aromatic heterocycles. The molecule has 1 aliphatic heterocycles. The predicted molar refractivity (Wildman–Crippen MR) is 84.6 cm³/mol. The van der Waals surface area contributed by atoms with Crippen molar-refractivity contribution in [3.05, 3.63) is 23.9 Å². The second-order valence-corrected chi connectivity index (χ2v) is 6.58. The molecule has 1 aliphatic rings. The highest BCUT2D eigenvalue weighted by Gasteiger charge is 2.33. The Morgan fingerprint density at radius 1 is 1.24 bits per heavy atom. The fourth-order valence-electron chi connectivity index (χ4n) is 2.49. The monoisotopic (exact) mass is 293 g/mol. The fraction of sp³-hybridized carbons (Fsp3) is 0.688. The van der Waals surface area contributed by atoms with Gasteiger partial charge in [-0.05, 0) is 38.5 Å². The van der Waals surface area contributed by atoms with Gasteiger partial charge in [-0.3, -0.25) is 0 Å². The summed E-state index contributed by atoms with van der Waals surface area (Å²) in [6, 6.07) is 4.20. The summed E-state index contributed by atoms with van der Waals surface area (Å²) < 4.78 is 11.0.